The Labute approximate surface area is 259 Å². The Bertz CT molecular complexity index is 1340. The summed E-state index contributed by atoms with van der Waals surface area (Å²) in [6.45, 7) is 14.5. The van der Waals surface area contributed by atoms with E-state index in [-0.39, 0.29) is 75.8 Å². The number of fused-ring (bicyclic) bond motifs is 9. The summed E-state index contributed by atoms with van der Waals surface area (Å²) in [6, 6.07) is 0. The molecular weight excluding hydrogens is 568 g/mol. The fourth-order valence-electron chi connectivity index (χ4n) is 10.7. The summed E-state index contributed by atoms with van der Waals surface area (Å²) in [5.41, 5.74) is -0.915. The van der Waals surface area contributed by atoms with E-state index in [0.717, 1.165) is 36.6 Å². The van der Waals surface area contributed by atoms with Gasteiger partial charge in [0.1, 0.15) is 17.3 Å². The van der Waals surface area contributed by atoms with E-state index in [1.165, 1.54) is 6.92 Å². The molecule has 0 amide bonds. The summed E-state index contributed by atoms with van der Waals surface area (Å²) in [5, 5.41) is -0.0348. The Morgan fingerprint density at radius 3 is 2.56 bits per heavy atom. The molecule has 3 saturated heterocycles. The summed E-state index contributed by atoms with van der Waals surface area (Å²) in [7, 11) is 0. The van der Waals surface area contributed by atoms with Crippen molar-refractivity contribution in [1.29, 1.82) is 0 Å². The molecule has 7 aliphatic rings. The molecule has 8 nitrogen and oxygen atoms in total. The second-order valence-corrected chi connectivity index (χ2v) is 16.3. The first-order valence-electron chi connectivity index (χ1n) is 16.0. The van der Waals surface area contributed by atoms with Crippen LogP contribution in [0.25, 0.3) is 0 Å². The first-order chi connectivity index (χ1) is 20.0. The third-order valence-electron chi connectivity index (χ3n) is 13.2. The van der Waals surface area contributed by atoms with Crippen LogP contribution in [0.5, 0.6) is 0 Å². The molecule has 43 heavy (non-hydrogen) atoms. The molecule has 4 aliphatic carbocycles. The molecule has 0 aromatic carbocycles. The van der Waals surface area contributed by atoms with E-state index in [1.54, 1.807) is 18.4 Å². The van der Waals surface area contributed by atoms with Gasteiger partial charge in [0.05, 0.1) is 24.2 Å². The van der Waals surface area contributed by atoms with Gasteiger partial charge < -0.3 is 23.7 Å². The van der Waals surface area contributed by atoms with Gasteiger partial charge in [0, 0.05) is 42.4 Å². The van der Waals surface area contributed by atoms with Crippen LogP contribution in [-0.2, 0) is 38.1 Å². The maximum atomic E-state index is 12.6. The number of thioether (sulfide) groups is 1. The lowest BCUT2D eigenvalue weighted by Gasteiger charge is -2.60. The van der Waals surface area contributed by atoms with Crippen LogP contribution in [0.1, 0.15) is 87.0 Å². The first-order valence-corrected chi connectivity index (χ1v) is 17.2. The van der Waals surface area contributed by atoms with Crippen molar-refractivity contribution in [3.63, 3.8) is 0 Å². The van der Waals surface area contributed by atoms with Crippen molar-refractivity contribution in [3.8, 4) is 0 Å². The SMILES string of the molecule is CSC(=O)CC12O[C@@H]([C@@H](C)[C@]34O[C@H]3C[C@H]3[C@@H]5[C@H](OC(C)=O)CC6=CC(=O)C=C[C@]6(C)[C@H]5CC[C@@]34C)C[C@@](C)(O1)C(C)(C)O2. The molecule has 0 N–H and O–H groups in total. The van der Waals surface area contributed by atoms with Crippen LogP contribution in [0.15, 0.2) is 23.8 Å². The van der Waals surface area contributed by atoms with Gasteiger partial charge in [-0.15, -0.1) is 0 Å². The zero-order valence-electron chi connectivity index (χ0n) is 26.7. The molecule has 0 aromatic rings. The lowest BCUT2D eigenvalue weighted by Crippen LogP contribution is -2.60. The predicted octanol–water partition coefficient (Wildman–Crippen LogP) is 5.53. The van der Waals surface area contributed by atoms with Crippen molar-refractivity contribution < 1.29 is 38.1 Å². The monoisotopic (exact) mass is 614 g/mol. The summed E-state index contributed by atoms with van der Waals surface area (Å²) in [6.07, 6.45) is 11.1. The van der Waals surface area contributed by atoms with E-state index in [1.807, 2.05) is 13.8 Å². The topological polar surface area (TPSA) is 101 Å². The van der Waals surface area contributed by atoms with Gasteiger partial charge >= 0.3 is 5.97 Å². The largest absolute Gasteiger partial charge is 0.462 e. The zero-order valence-corrected chi connectivity index (χ0v) is 27.5. The summed E-state index contributed by atoms with van der Waals surface area (Å²) >= 11 is 1.16. The number of ether oxygens (including phenoxy) is 5. The molecule has 12 atom stereocenters. The zero-order chi connectivity index (χ0) is 31.0. The second kappa shape index (κ2) is 9.27. The Balaban J connectivity index is 1.22. The van der Waals surface area contributed by atoms with Crippen LogP contribution in [-0.4, -0.2) is 64.2 Å². The number of hydrogen-bond donors (Lipinski definition) is 0. The maximum absolute atomic E-state index is 12.6. The maximum Gasteiger partial charge on any atom is 0.302 e. The quantitative estimate of drug-likeness (QED) is 0.292. The third-order valence-corrected chi connectivity index (χ3v) is 13.8. The molecule has 6 fully saturated rings. The smallest absolute Gasteiger partial charge is 0.302 e. The van der Waals surface area contributed by atoms with Crippen LogP contribution in [0.4, 0.5) is 0 Å². The Hall–Kier alpha value is -1.52. The molecule has 7 rings (SSSR count). The number of carbonyl (C=O) groups is 3. The Morgan fingerprint density at radius 1 is 1.12 bits per heavy atom. The summed E-state index contributed by atoms with van der Waals surface area (Å²) < 4.78 is 32.5. The number of hydrogen-bond acceptors (Lipinski definition) is 9. The van der Waals surface area contributed by atoms with Gasteiger partial charge in [0.2, 0.25) is 0 Å². The van der Waals surface area contributed by atoms with Crippen molar-refractivity contribution >= 4 is 28.6 Å². The van der Waals surface area contributed by atoms with Gasteiger partial charge in [0.15, 0.2) is 10.9 Å². The highest BCUT2D eigenvalue weighted by molar-refractivity contribution is 8.13. The lowest BCUT2D eigenvalue weighted by molar-refractivity contribution is -0.393. The summed E-state index contributed by atoms with van der Waals surface area (Å²) in [5.74, 6) is -0.893. The molecule has 3 heterocycles. The molecule has 3 saturated carbocycles. The van der Waals surface area contributed by atoms with Gasteiger partial charge in [-0.3, -0.25) is 14.4 Å². The highest BCUT2D eigenvalue weighted by atomic mass is 32.2. The van der Waals surface area contributed by atoms with Gasteiger partial charge in [-0.1, -0.05) is 44.2 Å². The average Bonchev–Trinajstić information content (AvgIpc) is 3.55. The average molecular weight is 615 g/mol. The van der Waals surface area contributed by atoms with Crippen molar-refractivity contribution in [2.24, 2.45) is 34.5 Å². The fourth-order valence-corrected chi connectivity index (χ4v) is 11.0. The standard InChI is InChI=1S/C34H46O8S/c1-18(25-16-32(7)29(3,4)41-33(39-25,42-32)17-27(37)43-8)34-26(40-34)15-23-28-22(10-12-31(23,34)6)30(5)11-9-21(36)13-20(30)14-24(28)38-19(2)35/h9,11,13,18,22-26,28H,10,12,14-17H2,1-8H3/t18-,22+,23+,24-,25-,26+,28-,30+,31+,32-,33?,34+/m1/s1. The van der Waals surface area contributed by atoms with E-state index < -0.39 is 17.2 Å². The minimum Gasteiger partial charge on any atom is -0.462 e. The van der Waals surface area contributed by atoms with Gasteiger partial charge in [-0.05, 0) is 70.3 Å². The fraction of sp³-hybridized carbons (Fsp3) is 0.794. The molecule has 0 spiro atoms. The van der Waals surface area contributed by atoms with E-state index in [0.29, 0.717) is 18.8 Å². The predicted molar refractivity (Wildman–Crippen MR) is 160 cm³/mol. The molecular formula is C34H46O8S. The van der Waals surface area contributed by atoms with E-state index in [9.17, 15) is 14.4 Å². The summed E-state index contributed by atoms with van der Waals surface area (Å²) in [4.78, 5) is 37.4. The second-order valence-electron chi connectivity index (χ2n) is 15.5. The lowest BCUT2D eigenvalue weighted by atomic mass is 9.46. The molecule has 9 heteroatoms. The van der Waals surface area contributed by atoms with Crippen molar-refractivity contribution in [1.82, 2.24) is 0 Å². The van der Waals surface area contributed by atoms with Crippen LogP contribution >= 0.6 is 11.8 Å². The molecule has 3 aliphatic heterocycles. The highest BCUT2D eigenvalue weighted by Crippen LogP contribution is 2.76. The number of allylic oxidation sites excluding steroid dienone is 3. The van der Waals surface area contributed by atoms with E-state index in [4.69, 9.17) is 23.7 Å². The van der Waals surface area contributed by atoms with Gasteiger partial charge in [-0.25, -0.2) is 0 Å². The minimum atomic E-state index is -1.40. The van der Waals surface area contributed by atoms with Crippen LogP contribution in [0.3, 0.4) is 0 Å². The van der Waals surface area contributed by atoms with Crippen molar-refractivity contribution in [2.75, 3.05) is 6.26 Å². The number of esters is 1. The number of epoxide rings is 1. The van der Waals surface area contributed by atoms with Gasteiger partial charge in [-0.2, -0.15) is 0 Å². The van der Waals surface area contributed by atoms with Gasteiger partial charge in [0.25, 0.3) is 5.97 Å². The highest BCUT2D eigenvalue weighted by Gasteiger charge is 2.81. The molecule has 1 unspecified atom stereocenters. The van der Waals surface area contributed by atoms with Crippen LogP contribution in [0.2, 0.25) is 0 Å². The molecule has 0 aromatic heterocycles. The molecule has 0 radical (unpaired) electrons. The minimum absolute atomic E-state index is 0.0136. The first kappa shape index (κ1) is 30.2. The number of rotatable bonds is 5. The molecule has 236 valence electrons. The van der Waals surface area contributed by atoms with Crippen LogP contribution < -0.4 is 0 Å². The normalized spacial score (nSPS) is 51.0. The van der Waals surface area contributed by atoms with Crippen LogP contribution in [0, 0.1) is 34.5 Å². The molecule has 2 bridgehead atoms. The third kappa shape index (κ3) is 4.00. The number of carbonyl (C=O) groups excluding carboxylic acids is 3. The van der Waals surface area contributed by atoms with E-state index >= 15 is 0 Å². The number of ketones is 1. The van der Waals surface area contributed by atoms with E-state index in [2.05, 4.69) is 33.8 Å². The van der Waals surface area contributed by atoms with Crippen molar-refractivity contribution in [3.05, 3.63) is 23.8 Å². The Kier molecular flexibility index (Phi) is 6.50. The van der Waals surface area contributed by atoms with Crippen molar-refractivity contribution in [2.45, 2.75) is 128 Å². The Morgan fingerprint density at radius 2 is 1.86 bits per heavy atom.